The van der Waals surface area contributed by atoms with Gasteiger partial charge in [0, 0.05) is 41.4 Å². The lowest BCUT2D eigenvalue weighted by Gasteiger charge is -2.18. The van der Waals surface area contributed by atoms with E-state index in [-0.39, 0.29) is 17.6 Å². The number of amides is 2. The molecule has 0 saturated carbocycles. The van der Waals surface area contributed by atoms with E-state index in [0.29, 0.717) is 35.5 Å². The molecule has 8 nitrogen and oxygen atoms in total. The highest BCUT2D eigenvalue weighted by Gasteiger charge is 2.15. The number of para-hydroxylation sites is 1. The molecule has 0 aliphatic rings. The van der Waals surface area contributed by atoms with E-state index in [4.69, 9.17) is 4.42 Å². The molecule has 0 aliphatic carbocycles. The molecule has 2 aromatic carbocycles. The molecule has 0 saturated heterocycles. The first kappa shape index (κ1) is 21.6. The van der Waals surface area contributed by atoms with Gasteiger partial charge in [-0.2, -0.15) is 0 Å². The fourth-order valence-electron chi connectivity index (χ4n) is 3.34. The number of carbonyl (C=O) groups is 2. The van der Waals surface area contributed by atoms with Crippen molar-refractivity contribution in [2.45, 2.75) is 19.1 Å². The summed E-state index contributed by atoms with van der Waals surface area (Å²) in [5, 5.41) is 12.3. The zero-order chi connectivity index (χ0) is 22.5. The van der Waals surface area contributed by atoms with Crippen molar-refractivity contribution in [3.63, 3.8) is 0 Å². The van der Waals surface area contributed by atoms with Crippen LogP contribution in [0.1, 0.15) is 24.2 Å². The fraction of sp³-hybridized carbons (Fsp3) is 0.217. The Morgan fingerprint density at radius 2 is 1.81 bits per heavy atom. The molecule has 2 N–H and O–H groups in total. The van der Waals surface area contributed by atoms with E-state index < -0.39 is 0 Å². The number of nitrogens with zero attached hydrogens (tertiary/aromatic N) is 3. The largest absolute Gasteiger partial charge is 0.411 e. The summed E-state index contributed by atoms with van der Waals surface area (Å²) in [4.78, 5) is 29.6. The zero-order valence-corrected chi connectivity index (χ0v) is 18.6. The number of hydrogen-bond acceptors (Lipinski definition) is 6. The molecule has 2 amide bonds. The van der Waals surface area contributed by atoms with Gasteiger partial charge in [0.15, 0.2) is 0 Å². The minimum Gasteiger partial charge on any atom is -0.411 e. The predicted octanol–water partition coefficient (Wildman–Crippen LogP) is 4.43. The van der Waals surface area contributed by atoms with Gasteiger partial charge in [0.2, 0.25) is 5.91 Å². The molecule has 4 aromatic rings. The summed E-state index contributed by atoms with van der Waals surface area (Å²) in [5.74, 6) is 0.296. The van der Waals surface area contributed by atoms with E-state index in [0.717, 1.165) is 16.5 Å². The number of thioether (sulfide) groups is 1. The monoisotopic (exact) mass is 449 g/mol. The van der Waals surface area contributed by atoms with Gasteiger partial charge in [-0.15, -0.1) is 10.2 Å². The first-order valence-electron chi connectivity index (χ1n) is 10.3. The fourth-order valence-corrected chi connectivity index (χ4v) is 3.90. The Hall–Kier alpha value is -3.59. The number of carbonyl (C=O) groups excluding carboxylic acids is 2. The Morgan fingerprint density at radius 3 is 2.56 bits per heavy atom. The van der Waals surface area contributed by atoms with Crippen LogP contribution in [0.5, 0.6) is 0 Å². The van der Waals surface area contributed by atoms with Gasteiger partial charge in [-0.3, -0.25) is 9.59 Å². The molecular formula is C23H23N5O3S. The van der Waals surface area contributed by atoms with E-state index in [9.17, 15) is 9.59 Å². The maximum absolute atomic E-state index is 12.4. The summed E-state index contributed by atoms with van der Waals surface area (Å²) in [5.41, 5.74) is 3.02. The van der Waals surface area contributed by atoms with Crippen LogP contribution in [0.4, 0.5) is 5.69 Å². The smallest absolute Gasteiger partial charge is 0.277 e. The third kappa shape index (κ3) is 4.67. The van der Waals surface area contributed by atoms with Gasteiger partial charge in [0.1, 0.15) is 0 Å². The van der Waals surface area contributed by atoms with Crippen molar-refractivity contribution in [1.29, 1.82) is 0 Å². The van der Waals surface area contributed by atoms with Gasteiger partial charge in [-0.1, -0.05) is 30.0 Å². The quantitative estimate of drug-likeness (QED) is 0.386. The van der Waals surface area contributed by atoms with Crippen LogP contribution in [0.3, 0.4) is 0 Å². The van der Waals surface area contributed by atoms with Crippen molar-refractivity contribution in [2.24, 2.45) is 0 Å². The minimum atomic E-state index is -0.204. The number of aromatic amines is 1. The standard InChI is InChI=1S/C23H23N5O3S/c1-3-28(4-2)22(30)15-9-11-16(12-10-15)25-20(29)14-32-23-27-26-21(31-23)18-13-24-19-8-6-5-7-17(18)19/h5-13,24H,3-4,14H2,1-2H3,(H,25,29). The molecule has 2 heterocycles. The summed E-state index contributed by atoms with van der Waals surface area (Å²) in [6.07, 6.45) is 1.83. The van der Waals surface area contributed by atoms with Crippen LogP contribution >= 0.6 is 11.8 Å². The molecule has 32 heavy (non-hydrogen) atoms. The maximum Gasteiger partial charge on any atom is 0.277 e. The summed E-state index contributed by atoms with van der Waals surface area (Å²) >= 11 is 1.17. The molecule has 0 unspecified atom stereocenters. The highest BCUT2D eigenvalue weighted by Crippen LogP contribution is 2.29. The van der Waals surface area contributed by atoms with Gasteiger partial charge in [0.25, 0.3) is 17.0 Å². The summed E-state index contributed by atoms with van der Waals surface area (Å²) < 4.78 is 5.72. The second kappa shape index (κ2) is 9.69. The third-order valence-electron chi connectivity index (χ3n) is 5.02. The highest BCUT2D eigenvalue weighted by atomic mass is 32.2. The second-order valence-corrected chi connectivity index (χ2v) is 7.94. The van der Waals surface area contributed by atoms with Gasteiger partial charge < -0.3 is 19.6 Å². The number of hydrogen-bond donors (Lipinski definition) is 2. The molecule has 0 radical (unpaired) electrons. The van der Waals surface area contributed by atoms with E-state index >= 15 is 0 Å². The van der Waals surface area contributed by atoms with Crippen molar-refractivity contribution < 1.29 is 14.0 Å². The molecule has 9 heteroatoms. The second-order valence-electron chi connectivity index (χ2n) is 7.01. The van der Waals surface area contributed by atoms with Crippen LogP contribution in [-0.2, 0) is 4.79 Å². The molecule has 0 spiro atoms. The van der Waals surface area contributed by atoms with Gasteiger partial charge >= 0.3 is 0 Å². The van der Waals surface area contributed by atoms with Crippen molar-refractivity contribution in [3.8, 4) is 11.5 Å². The molecule has 164 valence electrons. The normalized spacial score (nSPS) is 10.9. The number of nitrogens with one attached hydrogen (secondary N) is 2. The average molecular weight is 450 g/mol. The number of fused-ring (bicyclic) bond motifs is 1. The van der Waals surface area contributed by atoms with Crippen LogP contribution in [0, 0.1) is 0 Å². The van der Waals surface area contributed by atoms with Gasteiger partial charge in [-0.25, -0.2) is 0 Å². The van der Waals surface area contributed by atoms with Crippen LogP contribution < -0.4 is 5.32 Å². The maximum atomic E-state index is 12.4. The average Bonchev–Trinajstić information content (AvgIpc) is 3.46. The Labute approximate surface area is 189 Å². The first-order chi connectivity index (χ1) is 15.6. The summed E-state index contributed by atoms with van der Waals surface area (Å²) in [6, 6.07) is 14.7. The Bertz CT molecular complexity index is 1230. The number of benzene rings is 2. The van der Waals surface area contributed by atoms with Crippen LogP contribution in [-0.4, -0.2) is 50.7 Å². The molecular weight excluding hydrogens is 426 g/mol. The summed E-state index contributed by atoms with van der Waals surface area (Å²) in [7, 11) is 0. The number of anilines is 1. The topological polar surface area (TPSA) is 104 Å². The molecule has 0 bridgehead atoms. The van der Waals surface area contributed by atoms with Crippen LogP contribution in [0.25, 0.3) is 22.4 Å². The van der Waals surface area contributed by atoms with E-state index in [1.165, 1.54) is 11.8 Å². The van der Waals surface area contributed by atoms with E-state index in [1.54, 1.807) is 29.2 Å². The van der Waals surface area contributed by atoms with E-state index in [2.05, 4.69) is 20.5 Å². The third-order valence-corrected chi connectivity index (χ3v) is 5.84. The first-order valence-corrected chi connectivity index (χ1v) is 11.3. The lowest BCUT2D eigenvalue weighted by atomic mass is 10.2. The molecule has 0 aliphatic heterocycles. The van der Waals surface area contributed by atoms with Gasteiger partial charge in [-0.05, 0) is 44.2 Å². The zero-order valence-electron chi connectivity index (χ0n) is 17.8. The Balaban J connectivity index is 1.33. The van der Waals surface area contributed by atoms with Crippen LogP contribution in [0.2, 0.25) is 0 Å². The lowest BCUT2D eigenvalue weighted by Crippen LogP contribution is -2.30. The Kier molecular flexibility index (Phi) is 6.55. The summed E-state index contributed by atoms with van der Waals surface area (Å²) in [6.45, 7) is 5.20. The van der Waals surface area contributed by atoms with E-state index in [1.807, 2.05) is 44.3 Å². The molecule has 4 rings (SSSR count). The lowest BCUT2D eigenvalue weighted by molar-refractivity contribution is -0.113. The number of rotatable bonds is 8. The minimum absolute atomic E-state index is 0.0224. The SMILES string of the molecule is CCN(CC)C(=O)c1ccc(NC(=O)CSc2nnc(-c3c[nH]c4ccccc34)o2)cc1. The molecule has 0 atom stereocenters. The molecule has 2 aromatic heterocycles. The van der Waals surface area contributed by atoms with Crippen molar-refractivity contribution in [2.75, 3.05) is 24.2 Å². The van der Waals surface area contributed by atoms with Crippen molar-refractivity contribution in [3.05, 3.63) is 60.3 Å². The van der Waals surface area contributed by atoms with Gasteiger partial charge in [0.05, 0.1) is 11.3 Å². The van der Waals surface area contributed by atoms with Crippen molar-refractivity contribution >= 4 is 40.2 Å². The molecule has 0 fully saturated rings. The van der Waals surface area contributed by atoms with Crippen LogP contribution in [0.15, 0.2) is 64.4 Å². The highest BCUT2D eigenvalue weighted by molar-refractivity contribution is 7.99. The predicted molar refractivity (Wildman–Crippen MR) is 125 cm³/mol. The number of H-pyrrole nitrogens is 1. The number of aromatic nitrogens is 3. The van der Waals surface area contributed by atoms with Crippen molar-refractivity contribution in [1.82, 2.24) is 20.1 Å². The Morgan fingerprint density at radius 1 is 1.06 bits per heavy atom.